The van der Waals surface area contributed by atoms with Gasteiger partial charge in [0.2, 0.25) is 0 Å². The molecule has 2 aromatic carbocycles. The van der Waals surface area contributed by atoms with E-state index in [0.717, 1.165) is 16.8 Å². The van der Waals surface area contributed by atoms with E-state index in [-0.39, 0.29) is 18.4 Å². The van der Waals surface area contributed by atoms with Crippen molar-refractivity contribution in [3.63, 3.8) is 0 Å². The van der Waals surface area contributed by atoms with E-state index in [1.165, 1.54) is 0 Å². The monoisotopic (exact) mass is 490 g/mol. The summed E-state index contributed by atoms with van der Waals surface area (Å²) in [6, 6.07) is 9.54. The van der Waals surface area contributed by atoms with E-state index in [1.54, 1.807) is 31.2 Å². The number of carboxylic acids is 1. The molecule has 0 aliphatic carbocycles. The molecule has 0 fully saturated rings. The number of benzene rings is 2. The molecule has 4 rings (SSSR count). The standard InChI is InChI=1S/C24H26N8O4/c1-13-10-20-18(23(34)26-14(2)25-20)11-16(13)12-32(3)17-6-4-15(5-7-17)22(33)27-19(24(35)36)8-9-21-28-30-31-29-21/h4-7,10-11,19H,8-9,12H2,1-3H3,(H,27,33)(H,35,36)(H,25,26,34)(H,28,29,30,31). The van der Waals surface area contributed by atoms with Crippen LogP contribution in [0, 0.1) is 13.8 Å². The van der Waals surface area contributed by atoms with Crippen molar-refractivity contribution in [1.82, 2.24) is 35.9 Å². The zero-order valence-electron chi connectivity index (χ0n) is 20.1. The van der Waals surface area contributed by atoms with Crippen LogP contribution in [-0.2, 0) is 17.8 Å². The summed E-state index contributed by atoms with van der Waals surface area (Å²) in [6.45, 7) is 4.27. The molecule has 0 aliphatic rings. The number of anilines is 1. The van der Waals surface area contributed by atoms with Crippen LogP contribution < -0.4 is 15.8 Å². The quantitative estimate of drug-likeness (QED) is 0.271. The summed E-state index contributed by atoms with van der Waals surface area (Å²) >= 11 is 0. The number of hydrogen-bond acceptors (Lipinski definition) is 8. The van der Waals surface area contributed by atoms with Crippen LogP contribution in [-0.4, -0.2) is 60.7 Å². The van der Waals surface area contributed by atoms with Gasteiger partial charge in [-0.05, 0) is 67.8 Å². The van der Waals surface area contributed by atoms with Gasteiger partial charge < -0.3 is 20.3 Å². The van der Waals surface area contributed by atoms with E-state index in [9.17, 15) is 19.5 Å². The predicted molar refractivity (Wildman–Crippen MR) is 132 cm³/mol. The number of rotatable bonds is 9. The van der Waals surface area contributed by atoms with Crippen molar-refractivity contribution in [2.75, 3.05) is 11.9 Å². The van der Waals surface area contributed by atoms with Gasteiger partial charge in [0.1, 0.15) is 11.9 Å². The lowest BCUT2D eigenvalue weighted by molar-refractivity contribution is -0.139. The number of aryl methyl sites for hydroxylation is 3. The van der Waals surface area contributed by atoms with Gasteiger partial charge in [0.25, 0.3) is 11.5 Å². The van der Waals surface area contributed by atoms with Crippen molar-refractivity contribution in [2.24, 2.45) is 0 Å². The molecule has 186 valence electrons. The molecular formula is C24H26N8O4. The minimum atomic E-state index is -1.14. The fourth-order valence-electron chi connectivity index (χ4n) is 3.90. The number of tetrazole rings is 1. The first-order valence-corrected chi connectivity index (χ1v) is 11.3. The van der Waals surface area contributed by atoms with Crippen LogP contribution >= 0.6 is 0 Å². The van der Waals surface area contributed by atoms with E-state index in [2.05, 4.69) is 35.9 Å². The third-order valence-electron chi connectivity index (χ3n) is 5.91. The molecule has 12 nitrogen and oxygen atoms in total. The lowest BCUT2D eigenvalue weighted by atomic mass is 10.0. The van der Waals surface area contributed by atoms with Gasteiger partial charge in [0.05, 0.1) is 10.9 Å². The van der Waals surface area contributed by atoms with Crippen molar-refractivity contribution in [2.45, 2.75) is 39.3 Å². The van der Waals surface area contributed by atoms with Gasteiger partial charge in [-0.1, -0.05) is 5.21 Å². The molecule has 0 bridgehead atoms. The van der Waals surface area contributed by atoms with E-state index >= 15 is 0 Å². The van der Waals surface area contributed by atoms with Gasteiger partial charge in [-0.25, -0.2) is 9.78 Å². The van der Waals surface area contributed by atoms with Crippen LogP contribution in [0.4, 0.5) is 5.69 Å². The Morgan fingerprint density at radius 2 is 1.92 bits per heavy atom. The molecule has 0 spiro atoms. The second kappa shape index (κ2) is 10.3. The first-order chi connectivity index (χ1) is 17.2. The van der Waals surface area contributed by atoms with Crippen molar-refractivity contribution in [1.29, 1.82) is 0 Å². The number of hydrogen-bond donors (Lipinski definition) is 4. The maximum absolute atomic E-state index is 12.6. The first kappa shape index (κ1) is 24.5. The molecule has 12 heteroatoms. The lowest BCUT2D eigenvalue weighted by Gasteiger charge is -2.21. The molecule has 0 saturated carbocycles. The summed E-state index contributed by atoms with van der Waals surface area (Å²) in [7, 11) is 1.91. The summed E-state index contributed by atoms with van der Waals surface area (Å²) in [4.78, 5) is 45.7. The molecule has 0 aliphatic heterocycles. The van der Waals surface area contributed by atoms with Gasteiger partial charge >= 0.3 is 5.97 Å². The molecular weight excluding hydrogens is 464 g/mol. The van der Waals surface area contributed by atoms with Gasteiger partial charge in [-0.3, -0.25) is 9.59 Å². The summed E-state index contributed by atoms with van der Waals surface area (Å²) in [6.07, 6.45) is 0.387. The van der Waals surface area contributed by atoms with E-state index in [1.807, 2.05) is 31.0 Å². The van der Waals surface area contributed by atoms with E-state index in [0.29, 0.717) is 34.7 Å². The molecule has 4 aromatic rings. The number of nitrogens with one attached hydrogen (secondary N) is 3. The Balaban J connectivity index is 1.43. The number of carbonyl (C=O) groups excluding carboxylic acids is 1. The average Bonchev–Trinajstić information content (AvgIpc) is 3.36. The number of H-pyrrole nitrogens is 2. The molecule has 36 heavy (non-hydrogen) atoms. The second-order valence-corrected chi connectivity index (χ2v) is 8.58. The van der Waals surface area contributed by atoms with E-state index < -0.39 is 17.9 Å². The number of aromatic nitrogens is 6. The fourth-order valence-corrected chi connectivity index (χ4v) is 3.90. The molecule has 0 saturated heterocycles. The zero-order valence-corrected chi connectivity index (χ0v) is 20.1. The van der Waals surface area contributed by atoms with Crippen LogP contribution in [0.1, 0.15) is 39.6 Å². The molecule has 0 radical (unpaired) electrons. The largest absolute Gasteiger partial charge is 0.480 e. The van der Waals surface area contributed by atoms with Crippen molar-refractivity contribution in [3.8, 4) is 0 Å². The molecule has 1 amide bonds. The van der Waals surface area contributed by atoms with Gasteiger partial charge in [0.15, 0.2) is 5.82 Å². The Morgan fingerprint density at radius 1 is 1.17 bits per heavy atom. The molecule has 1 unspecified atom stereocenters. The summed E-state index contributed by atoms with van der Waals surface area (Å²) in [5, 5.41) is 25.9. The molecule has 2 heterocycles. The minimum absolute atomic E-state index is 0.129. The summed E-state index contributed by atoms with van der Waals surface area (Å²) in [5.74, 6) is -0.682. The van der Waals surface area contributed by atoms with Gasteiger partial charge in [-0.2, -0.15) is 5.21 Å². The van der Waals surface area contributed by atoms with Gasteiger partial charge in [0, 0.05) is 31.3 Å². The minimum Gasteiger partial charge on any atom is -0.480 e. The molecule has 2 aromatic heterocycles. The number of aromatic amines is 2. The van der Waals surface area contributed by atoms with Crippen molar-refractivity contribution in [3.05, 3.63) is 75.1 Å². The van der Waals surface area contributed by atoms with Crippen molar-refractivity contribution < 1.29 is 14.7 Å². The van der Waals surface area contributed by atoms with Crippen LogP contribution in [0.2, 0.25) is 0 Å². The first-order valence-electron chi connectivity index (χ1n) is 11.3. The number of fused-ring (bicyclic) bond motifs is 1. The highest BCUT2D eigenvalue weighted by Gasteiger charge is 2.21. The third-order valence-corrected chi connectivity index (χ3v) is 5.91. The normalized spacial score (nSPS) is 11.9. The number of carboxylic acid groups (broad SMARTS) is 1. The van der Waals surface area contributed by atoms with Gasteiger partial charge in [-0.15, -0.1) is 10.2 Å². The molecule has 4 N–H and O–H groups in total. The van der Waals surface area contributed by atoms with Crippen LogP contribution in [0.15, 0.2) is 41.2 Å². The van der Waals surface area contributed by atoms with Crippen LogP contribution in [0.25, 0.3) is 10.9 Å². The average molecular weight is 491 g/mol. The Morgan fingerprint density at radius 3 is 2.58 bits per heavy atom. The highest BCUT2D eigenvalue weighted by atomic mass is 16.4. The third kappa shape index (κ3) is 5.54. The highest BCUT2D eigenvalue weighted by molar-refractivity contribution is 5.96. The van der Waals surface area contributed by atoms with E-state index in [4.69, 9.17) is 0 Å². The Kier molecular flexibility index (Phi) is 7.04. The predicted octanol–water partition coefficient (Wildman–Crippen LogP) is 1.51. The van der Waals surface area contributed by atoms with Crippen LogP contribution in [0.5, 0.6) is 0 Å². The fraction of sp³-hybridized carbons (Fsp3) is 0.292. The Labute approximate surface area is 205 Å². The zero-order chi connectivity index (χ0) is 25.8. The second-order valence-electron chi connectivity index (χ2n) is 8.58. The highest BCUT2D eigenvalue weighted by Crippen LogP contribution is 2.21. The van der Waals surface area contributed by atoms with Crippen molar-refractivity contribution >= 4 is 28.5 Å². The maximum Gasteiger partial charge on any atom is 0.326 e. The lowest BCUT2D eigenvalue weighted by Crippen LogP contribution is -2.41. The smallest absolute Gasteiger partial charge is 0.326 e. The Hall–Kier alpha value is -4.61. The number of nitrogens with zero attached hydrogens (tertiary/aromatic N) is 5. The Bertz CT molecular complexity index is 1450. The summed E-state index contributed by atoms with van der Waals surface area (Å²) < 4.78 is 0. The van der Waals surface area contributed by atoms with Crippen LogP contribution in [0.3, 0.4) is 0 Å². The summed E-state index contributed by atoms with van der Waals surface area (Å²) in [5.41, 5.74) is 3.68. The SMILES string of the molecule is Cc1nc2cc(C)c(CN(C)c3ccc(C(=O)NC(CCc4nn[nH]n4)C(=O)O)cc3)cc2c(=O)[nH]1. The maximum atomic E-state index is 12.6. The number of carbonyl (C=O) groups is 2. The number of aliphatic carboxylic acids is 1. The number of amides is 1. The molecule has 1 atom stereocenters. The topological polar surface area (TPSA) is 170 Å².